The molecule has 2 aliphatic rings. The smallest absolute Gasteiger partial charge is 0.317 e. The van der Waals surface area contributed by atoms with Gasteiger partial charge < -0.3 is 10.4 Å². The molecule has 0 aromatic heterocycles. The van der Waals surface area contributed by atoms with Crippen molar-refractivity contribution in [3.05, 3.63) is 34.9 Å². The van der Waals surface area contributed by atoms with Crippen LogP contribution >= 0.6 is 0 Å². The zero-order chi connectivity index (χ0) is 18.2. The van der Waals surface area contributed by atoms with Gasteiger partial charge in [-0.25, -0.2) is 0 Å². The molecule has 0 bridgehead atoms. The van der Waals surface area contributed by atoms with Crippen LogP contribution in [0.3, 0.4) is 0 Å². The van der Waals surface area contributed by atoms with Gasteiger partial charge in [-0.05, 0) is 51.6 Å². The monoisotopic (exact) mass is 344 g/mol. The van der Waals surface area contributed by atoms with Crippen molar-refractivity contribution in [3.63, 3.8) is 0 Å². The van der Waals surface area contributed by atoms with E-state index in [1.54, 1.807) is 0 Å². The first-order valence-corrected chi connectivity index (χ1v) is 9.19. The lowest BCUT2D eigenvalue weighted by atomic mass is 9.84. The Morgan fingerprint density at radius 2 is 1.80 bits per heavy atom. The Labute approximate surface area is 149 Å². The number of nitrogens with one attached hydrogen (secondary N) is 1. The number of hydrogen-bond donors (Lipinski definition) is 2. The Morgan fingerprint density at radius 3 is 2.28 bits per heavy atom. The summed E-state index contributed by atoms with van der Waals surface area (Å²) in [5.41, 5.74) is 3.20. The topological polar surface area (TPSA) is 69.6 Å². The van der Waals surface area contributed by atoms with Crippen molar-refractivity contribution >= 4 is 11.9 Å². The quantitative estimate of drug-likeness (QED) is 0.797. The van der Waals surface area contributed by atoms with Gasteiger partial charge in [0.25, 0.3) is 0 Å². The van der Waals surface area contributed by atoms with Crippen LogP contribution in [-0.4, -0.2) is 47.1 Å². The molecule has 0 heterocycles. The van der Waals surface area contributed by atoms with Gasteiger partial charge in [-0.15, -0.1) is 0 Å². The van der Waals surface area contributed by atoms with Crippen LogP contribution in [0, 0.1) is 13.8 Å². The minimum Gasteiger partial charge on any atom is -0.480 e. The standard InChI is InChI=1S/C20H28N2O3/c1-4-22(12-18(23)24)17-10-16(11-17)21-19(25)20(5-6-20)15-8-13(2)7-14(3)9-15/h7-9,16-17H,4-6,10-12H2,1-3H3,(H,21,25)(H,23,24). The molecule has 1 amide bonds. The van der Waals surface area contributed by atoms with Crippen LogP contribution in [-0.2, 0) is 15.0 Å². The van der Waals surface area contributed by atoms with Crippen molar-refractivity contribution in [1.82, 2.24) is 10.2 Å². The van der Waals surface area contributed by atoms with Crippen LogP contribution in [0.15, 0.2) is 18.2 Å². The predicted octanol–water partition coefficient (Wildman–Crippen LogP) is 2.39. The molecule has 0 saturated heterocycles. The Bertz CT molecular complexity index is 655. The third-order valence-electron chi connectivity index (χ3n) is 5.67. The summed E-state index contributed by atoms with van der Waals surface area (Å²) in [4.78, 5) is 25.7. The van der Waals surface area contributed by atoms with E-state index >= 15 is 0 Å². The van der Waals surface area contributed by atoms with Crippen LogP contribution in [0.1, 0.15) is 49.3 Å². The molecular formula is C20H28N2O3. The maximum absolute atomic E-state index is 12.9. The average Bonchev–Trinajstić information content (AvgIpc) is 3.29. The second-order valence-electron chi connectivity index (χ2n) is 7.71. The summed E-state index contributed by atoms with van der Waals surface area (Å²) in [5.74, 6) is -0.650. The summed E-state index contributed by atoms with van der Waals surface area (Å²) in [5, 5.41) is 12.2. The molecule has 0 radical (unpaired) electrons. The second-order valence-corrected chi connectivity index (χ2v) is 7.71. The maximum atomic E-state index is 12.9. The summed E-state index contributed by atoms with van der Waals surface area (Å²) in [6.45, 7) is 6.93. The number of rotatable bonds is 7. The molecule has 5 nitrogen and oxygen atoms in total. The number of carboxylic acids is 1. The molecule has 3 rings (SSSR count). The summed E-state index contributed by atoms with van der Waals surface area (Å²) in [6, 6.07) is 6.84. The predicted molar refractivity (Wildman–Crippen MR) is 96.7 cm³/mol. The first-order valence-electron chi connectivity index (χ1n) is 9.19. The molecular weight excluding hydrogens is 316 g/mol. The Hall–Kier alpha value is -1.88. The first-order chi connectivity index (χ1) is 11.8. The molecule has 2 aliphatic carbocycles. The van der Waals surface area contributed by atoms with E-state index in [9.17, 15) is 9.59 Å². The van der Waals surface area contributed by atoms with Crippen molar-refractivity contribution in [3.8, 4) is 0 Å². The molecule has 1 aromatic rings. The highest BCUT2D eigenvalue weighted by molar-refractivity contribution is 5.91. The number of carbonyl (C=O) groups excluding carboxylic acids is 1. The molecule has 0 spiro atoms. The van der Waals surface area contributed by atoms with Crippen molar-refractivity contribution in [2.75, 3.05) is 13.1 Å². The Balaban J connectivity index is 1.58. The van der Waals surface area contributed by atoms with E-state index in [0.717, 1.165) is 37.8 Å². The zero-order valence-electron chi connectivity index (χ0n) is 15.3. The van der Waals surface area contributed by atoms with Crippen LogP contribution < -0.4 is 5.32 Å². The van der Waals surface area contributed by atoms with Gasteiger partial charge in [0.05, 0.1) is 12.0 Å². The van der Waals surface area contributed by atoms with E-state index in [0.29, 0.717) is 0 Å². The number of benzene rings is 1. The number of aryl methyl sites for hydroxylation is 2. The lowest BCUT2D eigenvalue weighted by Gasteiger charge is -2.42. The molecule has 1 aromatic carbocycles. The fraction of sp³-hybridized carbons (Fsp3) is 0.600. The molecule has 0 unspecified atom stereocenters. The van der Waals surface area contributed by atoms with Crippen molar-refractivity contribution in [2.24, 2.45) is 0 Å². The normalized spacial score (nSPS) is 23.8. The fourth-order valence-corrected chi connectivity index (χ4v) is 4.02. The Morgan fingerprint density at radius 1 is 1.20 bits per heavy atom. The number of amides is 1. The molecule has 2 N–H and O–H groups in total. The molecule has 0 aliphatic heterocycles. The SMILES string of the molecule is CCN(CC(=O)O)C1CC(NC(=O)C2(c3cc(C)cc(C)c3)CC2)C1. The fourth-order valence-electron chi connectivity index (χ4n) is 4.02. The lowest BCUT2D eigenvalue weighted by Crippen LogP contribution is -2.56. The number of carbonyl (C=O) groups is 2. The summed E-state index contributed by atoms with van der Waals surface area (Å²) < 4.78 is 0. The van der Waals surface area contributed by atoms with Gasteiger partial charge in [0.15, 0.2) is 0 Å². The molecule has 2 fully saturated rings. The Kier molecular flexibility index (Phi) is 4.87. The molecule has 136 valence electrons. The number of carboxylic acid groups (broad SMARTS) is 1. The summed E-state index contributed by atoms with van der Waals surface area (Å²) in [6.07, 6.45) is 3.52. The third kappa shape index (κ3) is 3.71. The van der Waals surface area contributed by atoms with E-state index in [-0.39, 0.29) is 30.0 Å². The molecule has 25 heavy (non-hydrogen) atoms. The third-order valence-corrected chi connectivity index (χ3v) is 5.67. The van der Waals surface area contributed by atoms with Gasteiger partial charge in [-0.3, -0.25) is 14.5 Å². The minimum absolute atomic E-state index is 0.0777. The van der Waals surface area contributed by atoms with Gasteiger partial charge in [0.2, 0.25) is 5.91 Å². The number of hydrogen-bond acceptors (Lipinski definition) is 3. The largest absolute Gasteiger partial charge is 0.480 e. The van der Waals surface area contributed by atoms with Gasteiger partial charge in [-0.2, -0.15) is 0 Å². The van der Waals surface area contributed by atoms with Crippen LogP contribution in [0.4, 0.5) is 0 Å². The van der Waals surface area contributed by atoms with Gasteiger partial charge in [-0.1, -0.05) is 36.2 Å². The molecule has 5 heteroatoms. The zero-order valence-corrected chi connectivity index (χ0v) is 15.3. The van der Waals surface area contributed by atoms with Crippen LogP contribution in [0.5, 0.6) is 0 Å². The average molecular weight is 344 g/mol. The minimum atomic E-state index is -0.791. The van der Waals surface area contributed by atoms with Crippen molar-refractivity contribution in [1.29, 1.82) is 0 Å². The summed E-state index contributed by atoms with van der Waals surface area (Å²) >= 11 is 0. The van der Waals surface area contributed by atoms with E-state index in [2.05, 4.69) is 37.4 Å². The van der Waals surface area contributed by atoms with Gasteiger partial charge >= 0.3 is 5.97 Å². The number of aliphatic carboxylic acids is 1. The van der Waals surface area contributed by atoms with Crippen LogP contribution in [0.2, 0.25) is 0 Å². The van der Waals surface area contributed by atoms with Gasteiger partial charge in [0.1, 0.15) is 0 Å². The van der Waals surface area contributed by atoms with Crippen molar-refractivity contribution < 1.29 is 14.7 Å². The van der Waals surface area contributed by atoms with E-state index < -0.39 is 5.97 Å². The molecule has 2 saturated carbocycles. The van der Waals surface area contributed by atoms with E-state index in [4.69, 9.17) is 5.11 Å². The second kappa shape index (κ2) is 6.79. The highest BCUT2D eigenvalue weighted by Crippen LogP contribution is 2.49. The van der Waals surface area contributed by atoms with E-state index in [1.165, 1.54) is 11.1 Å². The number of likely N-dealkylation sites (N-methyl/N-ethyl adjacent to an activating group) is 1. The van der Waals surface area contributed by atoms with Crippen molar-refractivity contribution in [2.45, 2.75) is 64.0 Å². The highest BCUT2D eigenvalue weighted by Gasteiger charge is 2.52. The lowest BCUT2D eigenvalue weighted by molar-refractivity contribution is -0.140. The summed E-state index contributed by atoms with van der Waals surface area (Å²) in [7, 11) is 0. The number of nitrogens with zero attached hydrogens (tertiary/aromatic N) is 1. The maximum Gasteiger partial charge on any atom is 0.317 e. The van der Waals surface area contributed by atoms with Gasteiger partial charge in [0, 0.05) is 12.1 Å². The first kappa shape index (κ1) is 17.9. The van der Waals surface area contributed by atoms with E-state index in [1.807, 2.05) is 11.8 Å². The highest BCUT2D eigenvalue weighted by atomic mass is 16.4. The molecule has 0 atom stereocenters. The van der Waals surface area contributed by atoms with Crippen LogP contribution in [0.25, 0.3) is 0 Å².